The van der Waals surface area contributed by atoms with Gasteiger partial charge >= 0.3 is 0 Å². The van der Waals surface area contributed by atoms with E-state index >= 15 is 0 Å². The molecule has 1 heterocycles. The Bertz CT molecular complexity index is 984. The summed E-state index contributed by atoms with van der Waals surface area (Å²) in [5.41, 5.74) is 4.78. The van der Waals surface area contributed by atoms with Gasteiger partial charge in [0.1, 0.15) is 11.4 Å². The summed E-state index contributed by atoms with van der Waals surface area (Å²) in [5, 5.41) is 12.2. The molecular formula is C20H22N4O2S. The number of carbonyl (C=O) groups is 1. The second kappa shape index (κ2) is 7.92. The predicted molar refractivity (Wildman–Crippen MR) is 106 cm³/mol. The molecule has 3 aromatic rings. The van der Waals surface area contributed by atoms with Crippen LogP contribution in [0.1, 0.15) is 34.0 Å². The van der Waals surface area contributed by atoms with Crippen LogP contribution in [0.3, 0.4) is 0 Å². The zero-order chi connectivity index (χ0) is 19.6. The molecule has 0 aliphatic heterocycles. The SMILES string of the molecule is COc1ccc(C)cc1-n1nnnc1S[C@H](C)C(=O)c1ccc(C)c(C)c1. The molecule has 0 amide bonds. The molecule has 0 aliphatic rings. The van der Waals surface area contributed by atoms with Crippen LogP contribution in [-0.2, 0) is 0 Å². The Balaban J connectivity index is 1.87. The number of carbonyl (C=O) groups excluding carboxylic acids is 1. The molecule has 0 N–H and O–H groups in total. The van der Waals surface area contributed by atoms with E-state index in [2.05, 4.69) is 15.5 Å². The van der Waals surface area contributed by atoms with Crippen LogP contribution in [0.4, 0.5) is 0 Å². The van der Waals surface area contributed by atoms with Crippen molar-refractivity contribution in [3.05, 3.63) is 58.7 Å². The van der Waals surface area contributed by atoms with Crippen molar-refractivity contribution in [2.75, 3.05) is 7.11 Å². The van der Waals surface area contributed by atoms with Crippen molar-refractivity contribution in [1.29, 1.82) is 0 Å². The highest BCUT2D eigenvalue weighted by Crippen LogP contribution is 2.30. The molecule has 6 nitrogen and oxygen atoms in total. The second-order valence-corrected chi connectivity index (χ2v) is 7.78. The second-order valence-electron chi connectivity index (χ2n) is 6.47. The molecule has 0 unspecified atom stereocenters. The Labute approximate surface area is 162 Å². The van der Waals surface area contributed by atoms with Crippen LogP contribution in [0.5, 0.6) is 5.75 Å². The summed E-state index contributed by atoms with van der Waals surface area (Å²) in [7, 11) is 1.61. The molecule has 1 aromatic heterocycles. The van der Waals surface area contributed by atoms with Gasteiger partial charge in [-0.3, -0.25) is 4.79 Å². The Kier molecular flexibility index (Phi) is 5.60. The molecule has 3 rings (SSSR count). The number of tetrazole rings is 1. The molecule has 140 valence electrons. The number of ether oxygens (including phenoxy) is 1. The first-order valence-corrected chi connectivity index (χ1v) is 9.50. The third-order valence-electron chi connectivity index (χ3n) is 4.45. The quantitative estimate of drug-likeness (QED) is 0.475. The summed E-state index contributed by atoms with van der Waals surface area (Å²) in [6, 6.07) is 11.6. The first-order valence-electron chi connectivity index (χ1n) is 8.62. The summed E-state index contributed by atoms with van der Waals surface area (Å²) in [4.78, 5) is 12.8. The summed E-state index contributed by atoms with van der Waals surface area (Å²) in [5.74, 6) is 0.719. The molecule has 0 radical (unpaired) electrons. The highest BCUT2D eigenvalue weighted by molar-refractivity contribution is 8.00. The Morgan fingerprint density at radius 1 is 1.11 bits per heavy atom. The van der Waals surface area contributed by atoms with Crippen LogP contribution in [0, 0.1) is 20.8 Å². The Morgan fingerprint density at radius 3 is 2.59 bits per heavy atom. The van der Waals surface area contributed by atoms with Crippen LogP contribution in [0.2, 0.25) is 0 Å². The molecule has 1 atom stereocenters. The average Bonchev–Trinajstić information content (AvgIpc) is 3.11. The maximum Gasteiger partial charge on any atom is 0.214 e. The standard InChI is InChI=1S/C20H22N4O2S/c1-12-6-9-18(26-5)17(10-12)24-20(21-22-23-24)27-15(4)19(25)16-8-7-13(2)14(3)11-16/h6-11,15H,1-5H3/t15-/m1/s1. The lowest BCUT2D eigenvalue weighted by Gasteiger charge is -2.13. The van der Waals surface area contributed by atoms with Gasteiger partial charge < -0.3 is 4.74 Å². The van der Waals surface area contributed by atoms with Crippen LogP contribution < -0.4 is 4.74 Å². The van der Waals surface area contributed by atoms with E-state index in [1.807, 2.05) is 64.1 Å². The third-order valence-corrected chi connectivity index (χ3v) is 5.48. The van der Waals surface area contributed by atoms with Gasteiger partial charge in [0.25, 0.3) is 0 Å². The maximum atomic E-state index is 12.8. The molecule has 0 aliphatic carbocycles. The minimum absolute atomic E-state index is 0.0499. The van der Waals surface area contributed by atoms with E-state index in [1.165, 1.54) is 17.3 Å². The summed E-state index contributed by atoms with van der Waals surface area (Å²) < 4.78 is 7.04. The van der Waals surface area contributed by atoms with Gasteiger partial charge in [-0.2, -0.15) is 4.68 Å². The van der Waals surface area contributed by atoms with E-state index in [0.29, 0.717) is 16.5 Å². The summed E-state index contributed by atoms with van der Waals surface area (Å²) >= 11 is 1.33. The highest BCUT2D eigenvalue weighted by atomic mass is 32.2. The zero-order valence-corrected chi connectivity index (χ0v) is 16.9. The lowest BCUT2D eigenvalue weighted by Crippen LogP contribution is -2.15. The fraction of sp³-hybridized carbons (Fsp3) is 0.300. The van der Waals surface area contributed by atoms with E-state index < -0.39 is 0 Å². The van der Waals surface area contributed by atoms with Gasteiger partial charge in [0, 0.05) is 5.56 Å². The van der Waals surface area contributed by atoms with Crippen molar-refractivity contribution in [3.63, 3.8) is 0 Å². The molecule has 0 spiro atoms. The van der Waals surface area contributed by atoms with Crippen LogP contribution in [0.25, 0.3) is 5.69 Å². The Morgan fingerprint density at radius 2 is 1.89 bits per heavy atom. The third kappa shape index (κ3) is 4.03. The summed E-state index contributed by atoms with van der Waals surface area (Å²) in [6.45, 7) is 7.90. The number of nitrogens with zero attached hydrogens (tertiary/aromatic N) is 4. The van der Waals surface area contributed by atoms with Crippen LogP contribution in [-0.4, -0.2) is 38.4 Å². The fourth-order valence-corrected chi connectivity index (χ4v) is 3.59. The van der Waals surface area contributed by atoms with Gasteiger partial charge in [-0.25, -0.2) is 0 Å². The number of Topliss-reactive ketones (excluding diaryl/α,β-unsaturated/α-hetero) is 1. The number of aromatic nitrogens is 4. The van der Waals surface area contributed by atoms with Crippen molar-refractivity contribution < 1.29 is 9.53 Å². The molecule has 2 aromatic carbocycles. The molecule has 0 saturated carbocycles. The molecule has 0 fully saturated rings. The van der Waals surface area contributed by atoms with Gasteiger partial charge in [0.2, 0.25) is 5.16 Å². The highest BCUT2D eigenvalue weighted by Gasteiger charge is 2.22. The predicted octanol–water partition coefficient (Wildman–Crippen LogP) is 3.96. The van der Waals surface area contributed by atoms with Crippen molar-refractivity contribution in [2.45, 2.75) is 38.1 Å². The number of thioether (sulfide) groups is 1. The minimum Gasteiger partial charge on any atom is -0.494 e. The van der Waals surface area contributed by atoms with Gasteiger partial charge in [0.05, 0.1) is 12.4 Å². The van der Waals surface area contributed by atoms with Crippen molar-refractivity contribution in [2.24, 2.45) is 0 Å². The van der Waals surface area contributed by atoms with Gasteiger partial charge in [-0.05, 0) is 73.0 Å². The lowest BCUT2D eigenvalue weighted by molar-refractivity contribution is 0.0993. The minimum atomic E-state index is -0.326. The molecule has 27 heavy (non-hydrogen) atoms. The van der Waals surface area contributed by atoms with Gasteiger partial charge in [-0.1, -0.05) is 30.0 Å². The first-order chi connectivity index (χ1) is 12.9. The molecule has 0 saturated heterocycles. The average molecular weight is 382 g/mol. The smallest absolute Gasteiger partial charge is 0.214 e. The molecular weight excluding hydrogens is 360 g/mol. The van der Waals surface area contributed by atoms with Crippen LogP contribution in [0.15, 0.2) is 41.6 Å². The number of rotatable bonds is 6. The molecule has 0 bridgehead atoms. The summed E-state index contributed by atoms with van der Waals surface area (Å²) in [6.07, 6.45) is 0. The van der Waals surface area contributed by atoms with Crippen molar-refractivity contribution in [3.8, 4) is 11.4 Å². The number of aryl methyl sites for hydroxylation is 3. The normalized spacial score (nSPS) is 12.0. The maximum absolute atomic E-state index is 12.8. The van der Waals surface area contributed by atoms with Gasteiger partial charge in [-0.15, -0.1) is 5.10 Å². The van der Waals surface area contributed by atoms with Gasteiger partial charge in [0.15, 0.2) is 5.78 Å². The topological polar surface area (TPSA) is 69.9 Å². The van der Waals surface area contributed by atoms with Crippen LogP contribution >= 0.6 is 11.8 Å². The number of methoxy groups -OCH3 is 1. The lowest BCUT2D eigenvalue weighted by atomic mass is 10.0. The fourth-order valence-electron chi connectivity index (χ4n) is 2.71. The largest absolute Gasteiger partial charge is 0.494 e. The van der Waals surface area contributed by atoms with Crippen molar-refractivity contribution in [1.82, 2.24) is 20.2 Å². The monoisotopic (exact) mass is 382 g/mol. The first kappa shape index (κ1) is 19.1. The number of ketones is 1. The zero-order valence-electron chi connectivity index (χ0n) is 16.1. The van der Waals surface area contributed by atoms with E-state index in [1.54, 1.807) is 11.8 Å². The Hall–Kier alpha value is -2.67. The van der Waals surface area contributed by atoms with E-state index in [4.69, 9.17) is 4.74 Å². The number of hydrogen-bond donors (Lipinski definition) is 0. The van der Waals surface area contributed by atoms with E-state index in [0.717, 1.165) is 16.8 Å². The molecule has 7 heteroatoms. The van der Waals surface area contributed by atoms with Crippen molar-refractivity contribution >= 4 is 17.5 Å². The number of hydrogen-bond acceptors (Lipinski definition) is 6. The number of benzene rings is 2. The van der Waals surface area contributed by atoms with E-state index in [9.17, 15) is 4.79 Å². The van der Waals surface area contributed by atoms with E-state index in [-0.39, 0.29) is 11.0 Å².